The minimum absolute atomic E-state index is 0.279. The maximum absolute atomic E-state index is 8.75. The zero-order valence-corrected chi connectivity index (χ0v) is 9.48. The molecule has 6 heteroatoms. The van der Waals surface area contributed by atoms with Crippen LogP contribution in [0.1, 0.15) is 0 Å². The van der Waals surface area contributed by atoms with Crippen LogP contribution in [0.3, 0.4) is 0 Å². The van der Waals surface area contributed by atoms with Crippen molar-refractivity contribution in [2.75, 3.05) is 23.8 Å². The Hall–Kier alpha value is 0.930. The molecule has 3 nitrogen and oxygen atoms in total. The molecule has 0 spiro atoms. The van der Waals surface area contributed by atoms with Crippen LogP contribution in [0.5, 0.6) is 0 Å². The SMILES string of the molecule is NCCS.O[C@H](CS)[C@H](O)CS. The minimum atomic E-state index is -0.740. The van der Waals surface area contributed by atoms with Gasteiger partial charge in [0.2, 0.25) is 0 Å². The van der Waals surface area contributed by atoms with Gasteiger partial charge < -0.3 is 15.9 Å². The molecule has 0 fully saturated rings. The molecular formula is C6H17NO2S3. The molecule has 76 valence electrons. The van der Waals surface area contributed by atoms with Crippen LogP contribution < -0.4 is 5.73 Å². The van der Waals surface area contributed by atoms with Crippen molar-refractivity contribution in [3.05, 3.63) is 0 Å². The monoisotopic (exact) mass is 231 g/mol. The first kappa shape index (κ1) is 15.4. The van der Waals surface area contributed by atoms with E-state index in [1.54, 1.807) is 0 Å². The molecular weight excluding hydrogens is 214 g/mol. The fourth-order valence-electron chi connectivity index (χ4n) is 0.243. The number of thiol groups is 3. The van der Waals surface area contributed by atoms with Crippen molar-refractivity contribution in [1.29, 1.82) is 0 Å². The fourth-order valence-corrected chi connectivity index (χ4v) is 0.730. The summed E-state index contributed by atoms with van der Waals surface area (Å²) < 4.78 is 0. The van der Waals surface area contributed by atoms with Crippen molar-refractivity contribution in [3.63, 3.8) is 0 Å². The predicted octanol–water partition coefficient (Wildman–Crippen LogP) is -0.557. The van der Waals surface area contributed by atoms with Crippen molar-refractivity contribution in [2.24, 2.45) is 5.73 Å². The Kier molecular flexibility index (Phi) is 15.3. The summed E-state index contributed by atoms with van der Waals surface area (Å²) in [5, 5.41) is 17.5. The van der Waals surface area contributed by atoms with E-state index in [0.29, 0.717) is 6.54 Å². The highest BCUT2D eigenvalue weighted by atomic mass is 32.1. The first-order chi connectivity index (χ1) is 5.63. The molecule has 0 heterocycles. The lowest BCUT2D eigenvalue weighted by Gasteiger charge is -2.11. The summed E-state index contributed by atoms with van der Waals surface area (Å²) in [4.78, 5) is 0. The molecule has 2 atom stereocenters. The zero-order valence-electron chi connectivity index (χ0n) is 6.80. The second-order valence-corrected chi connectivity index (χ2v) is 3.19. The van der Waals surface area contributed by atoms with Crippen molar-refractivity contribution in [3.8, 4) is 0 Å². The van der Waals surface area contributed by atoms with E-state index in [-0.39, 0.29) is 11.5 Å². The highest BCUT2D eigenvalue weighted by Crippen LogP contribution is 1.96. The van der Waals surface area contributed by atoms with Crippen LogP contribution in [-0.4, -0.2) is 46.2 Å². The Bertz CT molecular complexity index is 77.2. The number of rotatable bonds is 4. The van der Waals surface area contributed by atoms with Crippen molar-refractivity contribution < 1.29 is 10.2 Å². The van der Waals surface area contributed by atoms with Gasteiger partial charge in [-0.1, -0.05) is 0 Å². The lowest BCUT2D eigenvalue weighted by molar-refractivity contribution is 0.0504. The molecule has 0 amide bonds. The van der Waals surface area contributed by atoms with Crippen LogP contribution in [0.25, 0.3) is 0 Å². The summed E-state index contributed by atoms with van der Waals surface area (Å²) in [7, 11) is 0. The quantitative estimate of drug-likeness (QED) is 0.368. The van der Waals surface area contributed by atoms with Gasteiger partial charge in [-0.05, 0) is 0 Å². The normalized spacial score (nSPS) is 14.5. The fraction of sp³-hybridized carbons (Fsp3) is 1.00. The van der Waals surface area contributed by atoms with Crippen molar-refractivity contribution in [2.45, 2.75) is 12.2 Å². The van der Waals surface area contributed by atoms with Gasteiger partial charge in [-0.25, -0.2) is 0 Å². The molecule has 0 aliphatic carbocycles. The summed E-state index contributed by atoms with van der Waals surface area (Å²) in [6.07, 6.45) is -1.48. The average Bonchev–Trinajstić information content (AvgIpc) is 2.15. The summed E-state index contributed by atoms with van der Waals surface area (Å²) >= 11 is 11.3. The third-order valence-corrected chi connectivity index (χ3v) is 1.95. The van der Waals surface area contributed by atoms with E-state index in [2.05, 4.69) is 37.9 Å². The predicted molar refractivity (Wildman–Crippen MR) is 62.6 cm³/mol. The van der Waals surface area contributed by atoms with Gasteiger partial charge in [0, 0.05) is 23.8 Å². The minimum Gasteiger partial charge on any atom is -0.390 e. The maximum atomic E-state index is 8.75. The molecule has 0 unspecified atom stereocenters. The van der Waals surface area contributed by atoms with E-state index in [0.717, 1.165) is 5.75 Å². The van der Waals surface area contributed by atoms with Crippen LogP contribution in [-0.2, 0) is 0 Å². The van der Waals surface area contributed by atoms with Gasteiger partial charge in [0.05, 0.1) is 12.2 Å². The Morgan fingerprint density at radius 3 is 1.33 bits per heavy atom. The van der Waals surface area contributed by atoms with E-state index in [1.807, 2.05) is 0 Å². The molecule has 0 aliphatic heterocycles. The highest BCUT2D eigenvalue weighted by Gasteiger charge is 2.10. The highest BCUT2D eigenvalue weighted by molar-refractivity contribution is 7.80. The molecule has 4 N–H and O–H groups in total. The van der Waals surface area contributed by atoms with E-state index in [9.17, 15) is 0 Å². The Balaban J connectivity index is 0. The third kappa shape index (κ3) is 10.9. The smallest absolute Gasteiger partial charge is 0.0894 e. The summed E-state index contributed by atoms with van der Waals surface area (Å²) in [5.41, 5.74) is 4.95. The molecule has 12 heavy (non-hydrogen) atoms. The topological polar surface area (TPSA) is 66.5 Å². The summed E-state index contributed by atoms with van der Waals surface area (Å²) in [6.45, 7) is 0.684. The molecule has 0 aliphatic rings. The Morgan fingerprint density at radius 1 is 1.00 bits per heavy atom. The summed E-state index contributed by atoms with van der Waals surface area (Å²) in [5.74, 6) is 1.35. The lowest BCUT2D eigenvalue weighted by atomic mass is 10.3. The van der Waals surface area contributed by atoms with Gasteiger partial charge in [-0.3, -0.25) is 0 Å². The Labute approximate surface area is 90.0 Å². The molecule has 0 bridgehead atoms. The lowest BCUT2D eigenvalue weighted by Crippen LogP contribution is -2.28. The molecule has 0 aromatic rings. The van der Waals surface area contributed by atoms with Crippen LogP contribution >= 0.6 is 37.9 Å². The van der Waals surface area contributed by atoms with Gasteiger partial charge in [0.15, 0.2) is 0 Å². The van der Waals surface area contributed by atoms with Crippen LogP contribution in [0.4, 0.5) is 0 Å². The molecule has 0 rings (SSSR count). The maximum Gasteiger partial charge on any atom is 0.0894 e. The van der Waals surface area contributed by atoms with Gasteiger partial charge in [0.25, 0.3) is 0 Å². The zero-order chi connectivity index (χ0) is 9.98. The number of aliphatic hydroxyl groups excluding tert-OH is 2. The second-order valence-electron chi connectivity index (χ2n) is 2.01. The standard InChI is InChI=1S/C4H10O2S2.C2H7NS/c5-3(1-7)4(6)2-8;3-1-2-4/h3-8H,1-2H2;4H,1-3H2/t3-,4-;/m1./s1. The summed E-state index contributed by atoms with van der Waals surface area (Å²) in [6, 6.07) is 0. The van der Waals surface area contributed by atoms with Gasteiger partial charge in [-0.15, -0.1) is 0 Å². The third-order valence-electron chi connectivity index (χ3n) is 0.947. The van der Waals surface area contributed by atoms with Gasteiger partial charge in [0.1, 0.15) is 0 Å². The number of hydrogen-bond donors (Lipinski definition) is 6. The molecule has 0 saturated carbocycles. The molecule has 0 aromatic carbocycles. The number of aliphatic hydroxyl groups is 2. The number of nitrogens with two attached hydrogens (primary N) is 1. The Morgan fingerprint density at radius 2 is 1.25 bits per heavy atom. The van der Waals surface area contributed by atoms with Crippen LogP contribution in [0.2, 0.25) is 0 Å². The molecule has 0 saturated heterocycles. The largest absolute Gasteiger partial charge is 0.390 e. The van der Waals surface area contributed by atoms with E-state index >= 15 is 0 Å². The first-order valence-corrected chi connectivity index (χ1v) is 5.42. The van der Waals surface area contributed by atoms with Crippen molar-refractivity contribution >= 4 is 37.9 Å². The van der Waals surface area contributed by atoms with Crippen molar-refractivity contribution in [1.82, 2.24) is 0 Å². The van der Waals surface area contributed by atoms with Crippen LogP contribution in [0, 0.1) is 0 Å². The number of hydrogen-bond acceptors (Lipinski definition) is 6. The van der Waals surface area contributed by atoms with E-state index in [4.69, 9.17) is 15.9 Å². The van der Waals surface area contributed by atoms with E-state index < -0.39 is 12.2 Å². The first-order valence-electron chi connectivity index (χ1n) is 3.52. The van der Waals surface area contributed by atoms with Gasteiger partial charge >= 0.3 is 0 Å². The van der Waals surface area contributed by atoms with Crippen LogP contribution in [0.15, 0.2) is 0 Å². The second kappa shape index (κ2) is 11.9. The van der Waals surface area contributed by atoms with Gasteiger partial charge in [-0.2, -0.15) is 37.9 Å². The van der Waals surface area contributed by atoms with E-state index in [1.165, 1.54) is 0 Å². The molecule has 0 radical (unpaired) electrons. The molecule has 0 aromatic heterocycles. The average molecular weight is 231 g/mol.